The summed E-state index contributed by atoms with van der Waals surface area (Å²) in [5.74, 6) is 0.619. The van der Waals surface area contributed by atoms with Gasteiger partial charge in [-0.05, 0) is 37.3 Å². The normalized spacial score (nSPS) is 22.3. The van der Waals surface area contributed by atoms with Crippen LogP contribution in [0.25, 0.3) is 6.08 Å². The summed E-state index contributed by atoms with van der Waals surface area (Å²) < 4.78 is 0. The largest absolute Gasteiger partial charge is 0.388 e. The Hall–Kier alpha value is -2.03. The minimum Gasteiger partial charge on any atom is -0.388 e. The highest BCUT2D eigenvalue weighted by molar-refractivity contribution is 5.91. The van der Waals surface area contributed by atoms with Gasteiger partial charge in [0, 0.05) is 37.3 Å². The van der Waals surface area contributed by atoms with E-state index in [0.29, 0.717) is 5.92 Å². The Morgan fingerprint density at radius 2 is 2.09 bits per heavy atom. The van der Waals surface area contributed by atoms with E-state index in [4.69, 9.17) is 0 Å². The molecule has 1 saturated heterocycles. The van der Waals surface area contributed by atoms with Crippen molar-refractivity contribution in [3.8, 4) is 0 Å². The third-order valence-corrected chi connectivity index (χ3v) is 4.47. The van der Waals surface area contributed by atoms with Gasteiger partial charge in [-0.2, -0.15) is 0 Å². The van der Waals surface area contributed by atoms with E-state index in [9.17, 15) is 4.79 Å². The van der Waals surface area contributed by atoms with Gasteiger partial charge in [0.15, 0.2) is 0 Å². The summed E-state index contributed by atoms with van der Waals surface area (Å²) in [5, 5.41) is 3.51. The molecule has 2 heterocycles. The summed E-state index contributed by atoms with van der Waals surface area (Å²) in [6.45, 7) is 2.79. The second-order valence-electron chi connectivity index (χ2n) is 6.10. The number of hydrogen-bond acceptors (Lipinski definition) is 2. The first kappa shape index (κ1) is 14.9. The molecule has 1 unspecified atom stereocenters. The van der Waals surface area contributed by atoms with E-state index in [1.807, 2.05) is 41.3 Å². The zero-order valence-electron chi connectivity index (χ0n) is 13.0. The fraction of sp³-hybridized carbons (Fsp3) is 0.421. The number of nitrogens with one attached hydrogen (secondary N) is 1. The van der Waals surface area contributed by atoms with Gasteiger partial charge in [0.1, 0.15) is 0 Å². The van der Waals surface area contributed by atoms with Crippen molar-refractivity contribution in [2.24, 2.45) is 5.92 Å². The molecule has 1 atom stereocenters. The molecule has 22 heavy (non-hydrogen) atoms. The van der Waals surface area contributed by atoms with Gasteiger partial charge in [-0.3, -0.25) is 4.79 Å². The van der Waals surface area contributed by atoms with Crippen molar-refractivity contribution >= 4 is 12.0 Å². The van der Waals surface area contributed by atoms with E-state index < -0.39 is 0 Å². The molecule has 3 rings (SSSR count). The van der Waals surface area contributed by atoms with E-state index in [1.54, 1.807) is 6.08 Å². The van der Waals surface area contributed by atoms with Crippen LogP contribution in [-0.4, -0.2) is 30.4 Å². The molecule has 1 aromatic rings. The zero-order valence-corrected chi connectivity index (χ0v) is 13.0. The number of piperidine rings is 1. The minimum absolute atomic E-state index is 0.130. The lowest BCUT2D eigenvalue weighted by atomic mass is 9.92. The Morgan fingerprint density at radius 3 is 2.86 bits per heavy atom. The zero-order chi connectivity index (χ0) is 15.2. The summed E-state index contributed by atoms with van der Waals surface area (Å²) in [5.41, 5.74) is 2.43. The molecule has 0 aliphatic carbocycles. The van der Waals surface area contributed by atoms with Gasteiger partial charge in [-0.1, -0.05) is 36.4 Å². The Morgan fingerprint density at radius 1 is 1.23 bits per heavy atom. The van der Waals surface area contributed by atoms with E-state index in [2.05, 4.69) is 11.4 Å². The van der Waals surface area contributed by atoms with E-state index in [-0.39, 0.29) is 5.91 Å². The Balaban J connectivity index is 1.60. The Kier molecular flexibility index (Phi) is 4.94. The van der Waals surface area contributed by atoms with Crippen molar-refractivity contribution in [1.29, 1.82) is 0 Å². The molecule has 1 aromatic carbocycles. The quantitative estimate of drug-likeness (QED) is 0.869. The molecule has 0 saturated carbocycles. The second kappa shape index (κ2) is 7.30. The first-order chi connectivity index (χ1) is 10.8. The lowest BCUT2D eigenvalue weighted by molar-refractivity contribution is -0.127. The van der Waals surface area contributed by atoms with Crippen LogP contribution in [0.4, 0.5) is 0 Å². The predicted octanol–water partition coefficient (Wildman–Crippen LogP) is 3.21. The van der Waals surface area contributed by atoms with Gasteiger partial charge >= 0.3 is 0 Å². The number of rotatable bonds is 3. The SMILES string of the molecule is O=C(C=Cc1ccccc1)N1CCCC(C2=CCCCN2)C1. The van der Waals surface area contributed by atoms with Gasteiger partial charge in [-0.15, -0.1) is 0 Å². The standard InChI is InChI=1S/C19H24N2O/c22-19(12-11-16-7-2-1-3-8-16)21-14-6-9-17(15-21)18-10-4-5-13-20-18/h1-3,7-8,10-12,17,20H,4-6,9,13-15H2. The monoisotopic (exact) mass is 296 g/mol. The third kappa shape index (κ3) is 3.79. The Labute approximate surface area is 132 Å². The number of benzene rings is 1. The number of amides is 1. The molecule has 0 spiro atoms. The van der Waals surface area contributed by atoms with Crippen LogP contribution in [0.2, 0.25) is 0 Å². The van der Waals surface area contributed by atoms with Crippen LogP contribution >= 0.6 is 0 Å². The van der Waals surface area contributed by atoms with Gasteiger partial charge < -0.3 is 10.2 Å². The maximum absolute atomic E-state index is 12.4. The number of likely N-dealkylation sites (tertiary alicyclic amines) is 1. The van der Waals surface area contributed by atoms with Crippen molar-refractivity contribution in [3.05, 3.63) is 53.7 Å². The molecule has 2 aliphatic heterocycles. The van der Waals surface area contributed by atoms with Crippen LogP contribution in [0.5, 0.6) is 0 Å². The van der Waals surface area contributed by atoms with E-state index in [0.717, 1.165) is 31.6 Å². The van der Waals surface area contributed by atoms with E-state index >= 15 is 0 Å². The summed E-state index contributed by atoms with van der Waals surface area (Å²) >= 11 is 0. The number of hydrogen-bond donors (Lipinski definition) is 1. The smallest absolute Gasteiger partial charge is 0.246 e. The van der Waals surface area contributed by atoms with Crippen molar-refractivity contribution in [3.63, 3.8) is 0 Å². The maximum Gasteiger partial charge on any atom is 0.246 e. The molecule has 0 aromatic heterocycles. The predicted molar refractivity (Wildman–Crippen MR) is 90.1 cm³/mol. The van der Waals surface area contributed by atoms with Crippen molar-refractivity contribution in [1.82, 2.24) is 10.2 Å². The van der Waals surface area contributed by atoms with Crippen LogP contribution in [0, 0.1) is 5.92 Å². The molecule has 1 N–H and O–H groups in total. The molecule has 3 heteroatoms. The van der Waals surface area contributed by atoms with Crippen LogP contribution in [0.3, 0.4) is 0 Å². The van der Waals surface area contributed by atoms with Gasteiger partial charge in [0.25, 0.3) is 0 Å². The average molecular weight is 296 g/mol. The van der Waals surface area contributed by atoms with Crippen molar-refractivity contribution in [2.45, 2.75) is 25.7 Å². The van der Waals surface area contributed by atoms with Crippen LogP contribution in [0.15, 0.2) is 48.2 Å². The molecular weight excluding hydrogens is 272 g/mol. The highest BCUT2D eigenvalue weighted by Gasteiger charge is 2.25. The van der Waals surface area contributed by atoms with Gasteiger partial charge in [0.05, 0.1) is 0 Å². The molecule has 0 radical (unpaired) electrons. The molecule has 2 aliphatic rings. The minimum atomic E-state index is 0.130. The highest BCUT2D eigenvalue weighted by Crippen LogP contribution is 2.24. The fourth-order valence-electron chi connectivity index (χ4n) is 3.24. The Bertz CT molecular complexity index is 562. The van der Waals surface area contributed by atoms with Crippen LogP contribution in [-0.2, 0) is 4.79 Å². The summed E-state index contributed by atoms with van der Waals surface area (Å²) in [7, 11) is 0. The number of carbonyl (C=O) groups is 1. The van der Waals surface area contributed by atoms with Gasteiger partial charge in [-0.25, -0.2) is 0 Å². The second-order valence-corrected chi connectivity index (χ2v) is 6.10. The molecule has 3 nitrogen and oxygen atoms in total. The molecule has 116 valence electrons. The molecule has 1 fully saturated rings. The summed E-state index contributed by atoms with van der Waals surface area (Å²) in [4.78, 5) is 14.4. The first-order valence-electron chi connectivity index (χ1n) is 8.29. The van der Waals surface area contributed by atoms with Crippen LogP contribution in [0.1, 0.15) is 31.2 Å². The lowest BCUT2D eigenvalue weighted by Crippen LogP contribution is -2.41. The van der Waals surface area contributed by atoms with Crippen molar-refractivity contribution < 1.29 is 4.79 Å². The fourth-order valence-corrected chi connectivity index (χ4v) is 3.24. The molecule has 0 bridgehead atoms. The van der Waals surface area contributed by atoms with E-state index in [1.165, 1.54) is 25.0 Å². The van der Waals surface area contributed by atoms with Crippen LogP contribution < -0.4 is 5.32 Å². The van der Waals surface area contributed by atoms with Crippen molar-refractivity contribution in [2.75, 3.05) is 19.6 Å². The highest BCUT2D eigenvalue weighted by atomic mass is 16.2. The first-order valence-corrected chi connectivity index (χ1v) is 8.29. The number of nitrogens with zero attached hydrogens (tertiary/aromatic N) is 1. The molecule has 1 amide bonds. The summed E-state index contributed by atoms with van der Waals surface area (Å²) in [6.07, 6.45) is 10.6. The number of allylic oxidation sites excluding steroid dienone is 1. The maximum atomic E-state index is 12.4. The lowest BCUT2D eigenvalue weighted by Gasteiger charge is -2.34. The topological polar surface area (TPSA) is 32.3 Å². The van der Waals surface area contributed by atoms with Gasteiger partial charge in [0.2, 0.25) is 5.91 Å². The number of carbonyl (C=O) groups excluding carboxylic acids is 1. The third-order valence-electron chi connectivity index (χ3n) is 4.47. The summed E-state index contributed by atoms with van der Waals surface area (Å²) in [6, 6.07) is 9.99. The molecular formula is C19H24N2O. The average Bonchev–Trinajstić information content (AvgIpc) is 2.61.